The Morgan fingerprint density at radius 2 is 1.62 bits per heavy atom. The van der Waals surface area contributed by atoms with Crippen LogP contribution in [0.1, 0.15) is 54.0 Å². The first kappa shape index (κ1) is 19.9. The number of hydrogen-bond donors (Lipinski definition) is 0. The Balaban J connectivity index is 0.000000921. The summed E-state index contributed by atoms with van der Waals surface area (Å²) in [5, 5.41) is 0. The van der Waals surface area contributed by atoms with Gasteiger partial charge in [-0.2, -0.15) is 0 Å². The summed E-state index contributed by atoms with van der Waals surface area (Å²) in [5.74, 6) is 1.12. The zero-order valence-corrected chi connectivity index (χ0v) is 15.3. The number of piperazine rings is 1. The van der Waals surface area contributed by atoms with Crippen molar-refractivity contribution in [1.82, 2.24) is 9.88 Å². The molecule has 0 N–H and O–H groups in total. The fraction of sp³-hybridized carbons (Fsp3) is 0.722. The van der Waals surface area contributed by atoms with E-state index in [9.17, 15) is 0 Å². The summed E-state index contributed by atoms with van der Waals surface area (Å²) in [5.41, 5.74) is 1.29. The van der Waals surface area contributed by atoms with Gasteiger partial charge in [-0.1, -0.05) is 34.6 Å². The summed E-state index contributed by atoms with van der Waals surface area (Å²) in [6, 6.07) is 5.44. The van der Waals surface area contributed by atoms with E-state index < -0.39 is 0 Å². The van der Waals surface area contributed by atoms with Crippen LogP contribution in [0.4, 0.5) is 5.82 Å². The quantitative estimate of drug-likeness (QED) is 0.807. The van der Waals surface area contributed by atoms with E-state index >= 15 is 0 Å². The van der Waals surface area contributed by atoms with E-state index in [0.29, 0.717) is 12.1 Å². The molecule has 3 heteroatoms. The van der Waals surface area contributed by atoms with Gasteiger partial charge in [-0.05, 0) is 45.0 Å². The number of aromatic nitrogens is 1. The molecule has 1 aromatic heterocycles. The molecule has 0 radical (unpaired) electrons. The number of pyridine rings is 1. The van der Waals surface area contributed by atoms with Crippen molar-refractivity contribution in [2.24, 2.45) is 0 Å². The van der Waals surface area contributed by atoms with Gasteiger partial charge in [0.15, 0.2) is 0 Å². The normalized spacial score (nSPS) is 21.8. The zero-order valence-electron chi connectivity index (χ0n) is 15.3. The van der Waals surface area contributed by atoms with Gasteiger partial charge in [0.2, 0.25) is 0 Å². The van der Waals surface area contributed by atoms with E-state index in [1.165, 1.54) is 5.56 Å². The van der Waals surface area contributed by atoms with Crippen LogP contribution in [-0.2, 0) is 0 Å². The van der Waals surface area contributed by atoms with Gasteiger partial charge < -0.3 is 4.90 Å². The summed E-state index contributed by atoms with van der Waals surface area (Å²) >= 11 is 0. The van der Waals surface area contributed by atoms with Crippen LogP contribution in [-0.4, -0.2) is 41.6 Å². The summed E-state index contributed by atoms with van der Waals surface area (Å²) in [6.07, 6.45) is 1.91. The second-order valence-corrected chi connectivity index (χ2v) is 5.12. The van der Waals surface area contributed by atoms with Gasteiger partial charge in [-0.3, -0.25) is 4.90 Å². The number of likely N-dealkylation sites (N-methyl/N-ethyl adjacent to an activating group) is 1. The highest BCUT2D eigenvalue weighted by Crippen LogP contribution is 2.20. The molecular weight excluding hydrogens is 258 g/mol. The number of rotatable bonds is 2. The molecular formula is C18H35N3. The van der Waals surface area contributed by atoms with Crippen LogP contribution >= 0.6 is 0 Å². The van der Waals surface area contributed by atoms with E-state index in [-0.39, 0.29) is 0 Å². The van der Waals surface area contributed by atoms with E-state index in [0.717, 1.165) is 25.5 Å². The fourth-order valence-corrected chi connectivity index (χ4v) is 2.86. The third kappa shape index (κ3) is 5.66. The average molecular weight is 293 g/mol. The van der Waals surface area contributed by atoms with Gasteiger partial charge in [-0.25, -0.2) is 4.98 Å². The predicted octanol–water partition coefficient (Wildman–Crippen LogP) is 4.36. The third-order valence-corrected chi connectivity index (χ3v) is 3.69. The predicted molar refractivity (Wildman–Crippen MR) is 95.2 cm³/mol. The lowest BCUT2D eigenvalue weighted by Crippen LogP contribution is -2.56. The molecule has 2 rings (SSSR count). The Labute approximate surface area is 132 Å². The van der Waals surface area contributed by atoms with Crippen LogP contribution in [0.5, 0.6) is 0 Å². The molecule has 2 unspecified atom stereocenters. The first-order valence-electron chi connectivity index (χ1n) is 8.55. The largest absolute Gasteiger partial charge is 0.353 e. The summed E-state index contributed by atoms with van der Waals surface area (Å²) in [4.78, 5) is 9.46. The molecule has 1 aromatic rings. The topological polar surface area (TPSA) is 19.4 Å². The van der Waals surface area contributed by atoms with Crippen molar-refractivity contribution in [3.8, 4) is 0 Å². The maximum atomic E-state index is 4.49. The van der Waals surface area contributed by atoms with E-state index in [4.69, 9.17) is 0 Å². The second-order valence-electron chi connectivity index (χ2n) is 5.12. The number of anilines is 1. The number of hydrogen-bond acceptors (Lipinski definition) is 3. The van der Waals surface area contributed by atoms with Gasteiger partial charge in [0.25, 0.3) is 0 Å². The first-order chi connectivity index (χ1) is 10.1. The maximum Gasteiger partial charge on any atom is 0.128 e. The van der Waals surface area contributed by atoms with Crippen LogP contribution in [0, 0.1) is 6.92 Å². The van der Waals surface area contributed by atoms with Gasteiger partial charge in [0.1, 0.15) is 5.82 Å². The van der Waals surface area contributed by atoms with Crippen LogP contribution in [0.15, 0.2) is 18.3 Å². The van der Waals surface area contributed by atoms with Crippen LogP contribution in [0.3, 0.4) is 0 Å². The molecule has 3 nitrogen and oxygen atoms in total. The average Bonchev–Trinajstić information content (AvgIpc) is 2.51. The SMILES string of the molecule is CC.CC.CCN1C(C)CN(c2cc(C)ccn2)CC1C. The van der Waals surface area contributed by atoms with Crippen molar-refractivity contribution >= 4 is 5.82 Å². The molecule has 1 aliphatic heterocycles. The third-order valence-electron chi connectivity index (χ3n) is 3.69. The molecule has 0 amide bonds. The molecule has 1 saturated heterocycles. The molecule has 21 heavy (non-hydrogen) atoms. The van der Waals surface area contributed by atoms with Gasteiger partial charge in [0.05, 0.1) is 0 Å². The first-order valence-corrected chi connectivity index (χ1v) is 8.55. The number of nitrogens with zero attached hydrogens (tertiary/aromatic N) is 3. The highest BCUT2D eigenvalue weighted by molar-refractivity contribution is 5.41. The van der Waals surface area contributed by atoms with E-state index in [2.05, 4.69) is 54.6 Å². The van der Waals surface area contributed by atoms with Gasteiger partial charge in [-0.15, -0.1) is 0 Å². The van der Waals surface area contributed by atoms with Crippen LogP contribution in [0.2, 0.25) is 0 Å². The lowest BCUT2D eigenvalue weighted by molar-refractivity contribution is 0.139. The van der Waals surface area contributed by atoms with Crippen molar-refractivity contribution in [2.45, 2.75) is 67.5 Å². The number of aryl methyl sites for hydroxylation is 1. The zero-order chi connectivity index (χ0) is 16.4. The van der Waals surface area contributed by atoms with Crippen molar-refractivity contribution in [1.29, 1.82) is 0 Å². The maximum absolute atomic E-state index is 4.49. The highest BCUT2D eigenvalue weighted by atomic mass is 15.3. The van der Waals surface area contributed by atoms with E-state index in [1.807, 2.05) is 33.9 Å². The van der Waals surface area contributed by atoms with Crippen molar-refractivity contribution in [3.05, 3.63) is 23.9 Å². The summed E-state index contributed by atoms with van der Waals surface area (Å²) in [6.45, 7) is 20.3. The van der Waals surface area contributed by atoms with E-state index in [1.54, 1.807) is 0 Å². The Morgan fingerprint density at radius 1 is 1.10 bits per heavy atom. The van der Waals surface area contributed by atoms with Crippen molar-refractivity contribution in [3.63, 3.8) is 0 Å². The van der Waals surface area contributed by atoms with Gasteiger partial charge >= 0.3 is 0 Å². The molecule has 0 bridgehead atoms. The van der Waals surface area contributed by atoms with Gasteiger partial charge in [0, 0.05) is 31.4 Å². The van der Waals surface area contributed by atoms with Crippen molar-refractivity contribution in [2.75, 3.05) is 24.5 Å². The molecule has 1 aliphatic rings. The lowest BCUT2D eigenvalue weighted by Gasteiger charge is -2.44. The molecule has 2 atom stereocenters. The lowest BCUT2D eigenvalue weighted by atomic mass is 10.1. The molecule has 0 aromatic carbocycles. The molecule has 0 aliphatic carbocycles. The second kappa shape index (κ2) is 10.6. The van der Waals surface area contributed by atoms with Crippen LogP contribution < -0.4 is 4.90 Å². The minimum atomic E-state index is 0.603. The van der Waals surface area contributed by atoms with Crippen LogP contribution in [0.25, 0.3) is 0 Å². The minimum absolute atomic E-state index is 0.603. The Bertz CT molecular complexity index is 366. The Morgan fingerprint density at radius 3 is 2.05 bits per heavy atom. The summed E-state index contributed by atoms with van der Waals surface area (Å²) in [7, 11) is 0. The summed E-state index contributed by atoms with van der Waals surface area (Å²) < 4.78 is 0. The molecule has 0 spiro atoms. The molecule has 1 fully saturated rings. The fourth-order valence-electron chi connectivity index (χ4n) is 2.86. The van der Waals surface area contributed by atoms with Crippen molar-refractivity contribution < 1.29 is 0 Å². The highest BCUT2D eigenvalue weighted by Gasteiger charge is 2.28. The Kier molecular flexibility index (Phi) is 10.1. The molecule has 122 valence electrons. The molecule has 2 heterocycles. The monoisotopic (exact) mass is 293 g/mol. The standard InChI is InChI=1S/C14H23N3.2C2H6/c1-5-17-12(3)9-16(10-13(17)4)14-8-11(2)6-7-15-14;2*1-2/h6-8,12-13H,5,9-10H2,1-4H3;2*1-2H3. The Hall–Kier alpha value is -1.09. The smallest absolute Gasteiger partial charge is 0.128 e. The molecule has 0 saturated carbocycles. The minimum Gasteiger partial charge on any atom is -0.353 e.